The van der Waals surface area contributed by atoms with Crippen LogP contribution < -0.4 is 0 Å². The van der Waals surface area contributed by atoms with E-state index in [0.717, 1.165) is 11.1 Å². The van der Waals surface area contributed by atoms with Gasteiger partial charge in [0.05, 0.1) is 0 Å². The topological polar surface area (TPSA) is 0 Å². The van der Waals surface area contributed by atoms with Gasteiger partial charge in [-0.05, 0) is 96.7 Å². The smallest absolute Gasteiger partial charge is 0.0327 e. The van der Waals surface area contributed by atoms with Gasteiger partial charge in [-0.3, -0.25) is 0 Å². The minimum Gasteiger partial charge on any atom is -0.0622 e. The molecule has 0 nitrogen and oxygen atoms in total. The monoisotopic (exact) mass is 524 g/mol. The Morgan fingerprint density at radius 3 is 1.90 bits per heavy atom. The predicted octanol–water partition coefficient (Wildman–Crippen LogP) is 10.3. The van der Waals surface area contributed by atoms with Crippen LogP contribution in [-0.2, 0) is 10.8 Å². The maximum Gasteiger partial charge on any atom is 0.0327 e. The Hall–Kier alpha value is -4.60. The summed E-state index contributed by atoms with van der Waals surface area (Å²) in [6.45, 7) is 11.8. The number of hydrogen-bond donors (Lipinski definition) is 0. The molecule has 0 aromatic heterocycles. The summed E-state index contributed by atoms with van der Waals surface area (Å²) in [6, 6.07) is 37.8. The maximum absolute atomic E-state index is 3.63. The van der Waals surface area contributed by atoms with Gasteiger partial charge in [-0.15, -0.1) is 0 Å². The van der Waals surface area contributed by atoms with Crippen molar-refractivity contribution in [3.63, 3.8) is 0 Å². The van der Waals surface area contributed by atoms with Gasteiger partial charge in [-0.1, -0.05) is 124 Å². The maximum atomic E-state index is 3.63. The highest BCUT2D eigenvalue weighted by atomic mass is 14.5. The average molecular weight is 525 g/mol. The summed E-state index contributed by atoms with van der Waals surface area (Å²) < 4.78 is 0. The molecule has 0 heterocycles. The fraction of sp³-hybridized carbons (Fsp3) is 0.171. The minimum absolute atomic E-state index is 0.0758. The van der Waals surface area contributed by atoms with E-state index in [-0.39, 0.29) is 10.8 Å². The standard InChI is InChI=1S/C41H32/c1-25-22-34-39-37-29(25)16-11-17-33(37)40(2,3)35-23-26(24-36(38(35)39)41(34,4)5)18-19-28-20-21-31(27-12-7-6-8-13-27)32-15-10-9-14-30(28)32/h6-17,20-24H,1-5H3. The highest BCUT2D eigenvalue weighted by Gasteiger charge is 2.45. The Kier molecular flexibility index (Phi) is 4.85. The zero-order valence-corrected chi connectivity index (χ0v) is 24.3. The quantitative estimate of drug-likeness (QED) is 0.188. The number of rotatable bonds is 1. The summed E-state index contributed by atoms with van der Waals surface area (Å²) in [5.74, 6) is 7.22. The van der Waals surface area contributed by atoms with Crippen LogP contribution in [0, 0.1) is 18.8 Å². The molecule has 0 radical (unpaired) electrons. The van der Waals surface area contributed by atoms with Crippen molar-refractivity contribution in [1.29, 1.82) is 0 Å². The molecule has 0 amide bonds. The van der Waals surface area contributed by atoms with Gasteiger partial charge in [0.25, 0.3) is 0 Å². The van der Waals surface area contributed by atoms with Gasteiger partial charge in [0.2, 0.25) is 0 Å². The van der Waals surface area contributed by atoms with Crippen LogP contribution in [0.1, 0.15) is 66.6 Å². The van der Waals surface area contributed by atoms with Crippen molar-refractivity contribution < 1.29 is 0 Å². The van der Waals surface area contributed by atoms with Crippen molar-refractivity contribution in [1.82, 2.24) is 0 Å². The van der Waals surface area contributed by atoms with E-state index < -0.39 is 0 Å². The lowest BCUT2D eigenvalue weighted by Crippen LogP contribution is -2.24. The molecule has 0 fully saturated rings. The largest absolute Gasteiger partial charge is 0.0622 e. The van der Waals surface area contributed by atoms with Crippen molar-refractivity contribution in [3.05, 3.63) is 142 Å². The predicted molar refractivity (Wildman–Crippen MR) is 174 cm³/mol. The van der Waals surface area contributed by atoms with Crippen LogP contribution in [0.15, 0.2) is 103 Å². The Labute approximate surface area is 242 Å². The Balaban J connectivity index is 1.34. The average Bonchev–Trinajstić information content (AvgIpc) is 3.21. The minimum atomic E-state index is -0.107. The molecule has 0 spiro atoms. The number of hydrogen-bond acceptors (Lipinski definition) is 0. The molecule has 0 saturated carbocycles. The normalized spacial score (nSPS) is 15.1. The molecule has 0 aliphatic heterocycles. The van der Waals surface area contributed by atoms with Crippen LogP contribution >= 0.6 is 0 Å². The summed E-state index contributed by atoms with van der Waals surface area (Å²) in [5, 5.41) is 5.28. The Morgan fingerprint density at radius 1 is 0.512 bits per heavy atom. The van der Waals surface area contributed by atoms with Gasteiger partial charge in [-0.2, -0.15) is 0 Å². The van der Waals surface area contributed by atoms with E-state index in [1.165, 1.54) is 71.6 Å². The highest BCUT2D eigenvalue weighted by molar-refractivity contribution is 6.09. The Morgan fingerprint density at radius 2 is 1.15 bits per heavy atom. The van der Waals surface area contributed by atoms with E-state index in [9.17, 15) is 0 Å². The summed E-state index contributed by atoms with van der Waals surface area (Å²) in [5.41, 5.74) is 14.4. The molecule has 0 unspecified atom stereocenters. The van der Waals surface area contributed by atoms with Crippen molar-refractivity contribution in [2.75, 3.05) is 0 Å². The van der Waals surface area contributed by atoms with Crippen LogP contribution in [0.4, 0.5) is 0 Å². The molecule has 2 aliphatic carbocycles. The summed E-state index contributed by atoms with van der Waals surface area (Å²) >= 11 is 0. The van der Waals surface area contributed by atoms with Crippen LogP contribution in [0.5, 0.6) is 0 Å². The SMILES string of the molecule is Cc1cc2c3c4c(cccc14)C(C)(C)c1cc(C#Cc4ccc(-c5ccccc5)c5ccccc45)cc(c1-3)C2(C)C. The van der Waals surface area contributed by atoms with Crippen LogP contribution in [0.3, 0.4) is 0 Å². The fourth-order valence-electron chi connectivity index (χ4n) is 7.60. The molecule has 0 saturated heterocycles. The lowest BCUT2D eigenvalue weighted by molar-refractivity contribution is 0.639. The van der Waals surface area contributed by atoms with E-state index in [1.807, 2.05) is 0 Å². The lowest BCUT2D eigenvalue weighted by atomic mass is 9.68. The number of aryl methyl sites for hydroxylation is 1. The van der Waals surface area contributed by atoms with E-state index in [4.69, 9.17) is 0 Å². The first kappa shape index (κ1) is 24.2. The van der Waals surface area contributed by atoms with E-state index in [2.05, 4.69) is 150 Å². The van der Waals surface area contributed by atoms with Crippen LogP contribution in [-0.4, -0.2) is 0 Å². The first-order chi connectivity index (χ1) is 19.8. The summed E-state index contributed by atoms with van der Waals surface area (Å²) in [6.07, 6.45) is 0. The van der Waals surface area contributed by atoms with Crippen LogP contribution in [0.25, 0.3) is 43.8 Å². The second kappa shape index (κ2) is 8.22. The van der Waals surface area contributed by atoms with E-state index in [0.29, 0.717) is 0 Å². The molecule has 196 valence electrons. The van der Waals surface area contributed by atoms with Gasteiger partial charge in [0, 0.05) is 22.0 Å². The number of fused-ring (bicyclic) bond motifs is 1. The molecule has 2 aliphatic rings. The van der Waals surface area contributed by atoms with E-state index >= 15 is 0 Å². The van der Waals surface area contributed by atoms with Gasteiger partial charge < -0.3 is 0 Å². The Bertz CT molecular complexity index is 2140. The second-order valence-electron chi connectivity index (χ2n) is 12.9. The first-order valence-corrected chi connectivity index (χ1v) is 14.6. The zero-order chi connectivity index (χ0) is 28.1. The van der Waals surface area contributed by atoms with Crippen LogP contribution in [0.2, 0.25) is 0 Å². The van der Waals surface area contributed by atoms with E-state index in [1.54, 1.807) is 0 Å². The molecule has 41 heavy (non-hydrogen) atoms. The third kappa shape index (κ3) is 3.24. The lowest BCUT2D eigenvalue weighted by Gasteiger charge is -2.35. The number of benzene rings is 6. The van der Waals surface area contributed by atoms with Gasteiger partial charge >= 0.3 is 0 Å². The summed E-state index contributed by atoms with van der Waals surface area (Å²) in [7, 11) is 0. The molecule has 8 rings (SSSR count). The van der Waals surface area contributed by atoms with Crippen molar-refractivity contribution >= 4 is 21.5 Å². The van der Waals surface area contributed by atoms with Gasteiger partial charge in [0.1, 0.15) is 0 Å². The van der Waals surface area contributed by atoms with Gasteiger partial charge in [0.15, 0.2) is 0 Å². The van der Waals surface area contributed by atoms with Crippen molar-refractivity contribution in [2.45, 2.75) is 45.4 Å². The summed E-state index contributed by atoms with van der Waals surface area (Å²) in [4.78, 5) is 0. The molecule has 0 N–H and O–H groups in total. The third-order valence-corrected chi connectivity index (χ3v) is 9.80. The van der Waals surface area contributed by atoms with Crippen molar-refractivity contribution in [3.8, 4) is 34.1 Å². The fourth-order valence-corrected chi connectivity index (χ4v) is 7.60. The molecular formula is C41H32. The highest BCUT2D eigenvalue weighted by Crippen LogP contribution is 2.60. The first-order valence-electron chi connectivity index (χ1n) is 14.6. The second-order valence-corrected chi connectivity index (χ2v) is 12.9. The van der Waals surface area contributed by atoms with Gasteiger partial charge in [-0.25, -0.2) is 0 Å². The third-order valence-electron chi connectivity index (χ3n) is 9.80. The molecule has 6 aromatic carbocycles. The zero-order valence-electron chi connectivity index (χ0n) is 24.3. The molecule has 0 heteroatoms. The molecular weight excluding hydrogens is 492 g/mol. The molecule has 0 bridgehead atoms. The molecule has 0 atom stereocenters. The van der Waals surface area contributed by atoms with Crippen molar-refractivity contribution in [2.24, 2.45) is 0 Å². The molecule has 6 aromatic rings.